The molecule has 156 valence electrons. The van der Waals surface area contributed by atoms with Gasteiger partial charge in [-0.1, -0.05) is 51.5 Å². The number of hydrogen-bond donors (Lipinski definition) is 1. The molecule has 0 bridgehead atoms. The summed E-state index contributed by atoms with van der Waals surface area (Å²) in [5.41, 5.74) is 4.25. The molecule has 0 aliphatic rings. The molecular formula is C25H34N2O2. The van der Waals surface area contributed by atoms with E-state index in [1.807, 2.05) is 31.2 Å². The summed E-state index contributed by atoms with van der Waals surface area (Å²) in [6.45, 7) is 7.68. The SMILES string of the molecule is CCCCCCCCCOc1ccc(-c2nc3ccc(C)cc3[nH]2)cc1OCC. The number of imidazole rings is 1. The van der Waals surface area contributed by atoms with E-state index < -0.39 is 0 Å². The van der Waals surface area contributed by atoms with Crippen LogP contribution in [-0.2, 0) is 0 Å². The van der Waals surface area contributed by atoms with Gasteiger partial charge in [-0.2, -0.15) is 0 Å². The third-order valence-electron chi connectivity index (χ3n) is 5.16. The maximum atomic E-state index is 6.03. The van der Waals surface area contributed by atoms with Gasteiger partial charge in [-0.25, -0.2) is 4.98 Å². The van der Waals surface area contributed by atoms with E-state index in [4.69, 9.17) is 14.5 Å². The first-order valence-corrected chi connectivity index (χ1v) is 11.1. The van der Waals surface area contributed by atoms with Gasteiger partial charge >= 0.3 is 0 Å². The van der Waals surface area contributed by atoms with Gasteiger partial charge in [0.25, 0.3) is 0 Å². The molecule has 3 rings (SSSR count). The molecule has 1 aromatic heterocycles. The standard InChI is InChI=1S/C25H34N2O2/c1-4-6-7-8-9-10-11-16-29-23-15-13-20(18-24(23)28-5-2)25-26-21-14-12-19(3)17-22(21)27-25/h12-15,17-18H,4-11,16H2,1-3H3,(H,26,27). The average molecular weight is 395 g/mol. The summed E-state index contributed by atoms with van der Waals surface area (Å²) in [7, 11) is 0. The maximum absolute atomic E-state index is 6.03. The predicted octanol–water partition coefficient (Wildman–Crippen LogP) is 7.07. The van der Waals surface area contributed by atoms with Gasteiger partial charge in [0.2, 0.25) is 0 Å². The number of unbranched alkanes of at least 4 members (excludes halogenated alkanes) is 6. The summed E-state index contributed by atoms with van der Waals surface area (Å²) in [6.07, 6.45) is 8.95. The molecule has 4 nitrogen and oxygen atoms in total. The van der Waals surface area contributed by atoms with Crippen LogP contribution in [0, 0.1) is 6.92 Å². The average Bonchev–Trinajstić information content (AvgIpc) is 3.14. The number of fused-ring (bicyclic) bond motifs is 1. The third-order valence-corrected chi connectivity index (χ3v) is 5.16. The molecule has 1 N–H and O–H groups in total. The Bertz CT molecular complexity index is 901. The van der Waals surface area contributed by atoms with Crippen LogP contribution in [0.25, 0.3) is 22.4 Å². The normalized spacial score (nSPS) is 11.1. The molecule has 0 spiro atoms. The summed E-state index contributed by atoms with van der Waals surface area (Å²) < 4.78 is 11.9. The highest BCUT2D eigenvalue weighted by molar-refractivity contribution is 5.80. The third kappa shape index (κ3) is 5.99. The Hall–Kier alpha value is -2.49. The fourth-order valence-corrected chi connectivity index (χ4v) is 3.54. The van der Waals surface area contributed by atoms with E-state index in [1.165, 1.54) is 44.1 Å². The summed E-state index contributed by atoms with van der Waals surface area (Å²) in [4.78, 5) is 8.13. The number of benzene rings is 2. The fraction of sp³-hybridized carbons (Fsp3) is 0.480. The van der Waals surface area contributed by atoms with Gasteiger partial charge in [-0.15, -0.1) is 0 Å². The van der Waals surface area contributed by atoms with Gasteiger partial charge in [0, 0.05) is 5.56 Å². The van der Waals surface area contributed by atoms with Crippen LogP contribution >= 0.6 is 0 Å². The van der Waals surface area contributed by atoms with E-state index in [9.17, 15) is 0 Å². The molecule has 0 aliphatic carbocycles. The highest BCUT2D eigenvalue weighted by atomic mass is 16.5. The number of nitrogens with one attached hydrogen (secondary N) is 1. The lowest BCUT2D eigenvalue weighted by Gasteiger charge is -2.13. The molecule has 0 radical (unpaired) electrons. The summed E-state index contributed by atoms with van der Waals surface area (Å²) in [6, 6.07) is 12.3. The molecule has 0 saturated carbocycles. The number of H-pyrrole nitrogens is 1. The minimum atomic E-state index is 0.608. The molecular weight excluding hydrogens is 360 g/mol. The zero-order chi connectivity index (χ0) is 20.5. The number of nitrogens with zero attached hydrogens (tertiary/aromatic N) is 1. The first-order valence-electron chi connectivity index (χ1n) is 11.1. The van der Waals surface area contributed by atoms with Crippen molar-refractivity contribution in [3.05, 3.63) is 42.0 Å². The second kappa shape index (κ2) is 10.9. The zero-order valence-electron chi connectivity index (χ0n) is 18.1. The number of rotatable bonds is 12. The first-order chi connectivity index (χ1) is 14.2. The van der Waals surface area contributed by atoms with Crippen LogP contribution < -0.4 is 9.47 Å². The second-order valence-corrected chi connectivity index (χ2v) is 7.67. The first kappa shape index (κ1) is 21.2. The minimum absolute atomic E-state index is 0.608. The predicted molar refractivity (Wildman–Crippen MR) is 121 cm³/mol. The molecule has 0 aliphatic heterocycles. The molecule has 0 atom stereocenters. The van der Waals surface area contributed by atoms with Crippen LogP contribution in [0.2, 0.25) is 0 Å². The lowest BCUT2D eigenvalue weighted by Crippen LogP contribution is -2.01. The number of hydrogen-bond acceptors (Lipinski definition) is 3. The van der Waals surface area contributed by atoms with E-state index in [0.717, 1.165) is 46.9 Å². The van der Waals surface area contributed by atoms with Gasteiger partial charge in [0.05, 0.1) is 24.2 Å². The van der Waals surface area contributed by atoms with Crippen molar-refractivity contribution >= 4 is 11.0 Å². The molecule has 4 heteroatoms. The molecule has 0 fully saturated rings. The zero-order valence-corrected chi connectivity index (χ0v) is 18.1. The van der Waals surface area contributed by atoms with Gasteiger partial charge in [-0.3, -0.25) is 0 Å². The van der Waals surface area contributed by atoms with Crippen molar-refractivity contribution < 1.29 is 9.47 Å². The Kier molecular flexibility index (Phi) is 7.97. The summed E-state index contributed by atoms with van der Waals surface area (Å²) in [5.74, 6) is 2.45. The van der Waals surface area contributed by atoms with Crippen LogP contribution in [0.4, 0.5) is 0 Å². The quantitative estimate of drug-likeness (QED) is 0.334. The lowest BCUT2D eigenvalue weighted by molar-refractivity contribution is 0.270. The van der Waals surface area contributed by atoms with Crippen molar-refractivity contribution in [1.82, 2.24) is 9.97 Å². The Morgan fingerprint density at radius 1 is 0.828 bits per heavy atom. The topological polar surface area (TPSA) is 47.1 Å². The van der Waals surface area contributed by atoms with Crippen molar-refractivity contribution in [1.29, 1.82) is 0 Å². The van der Waals surface area contributed by atoms with E-state index in [2.05, 4.69) is 31.0 Å². The summed E-state index contributed by atoms with van der Waals surface area (Å²) >= 11 is 0. The highest BCUT2D eigenvalue weighted by Gasteiger charge is 2.11. The Balaban J connectivity index is 1.62. The molecule has 0 saturated heterocycles. The van der Waals surface area contributed by atoms with E-state index in [1.54, 1.807) is 0 Å². The lowest BCUT2D eigenvalue weighted by atomic mass is 10.1. The molecule has 0 amide bonds. The Morgan fingerprint density at radius 2 is 1.62 bits per heavy atom. The smallest absolute Gasteiger partial charge is 0.161 e. The summed E-state index contributed by atoms with van der Waals surface area (Å²) in [5, 5.41) is 0. The van der Waals surface area contributed by atoms with E-state index in [0.29, 0.717) is 6.61 Å². The van der Waals surface area contributed by atoms with Crippen molar-refractivity contribution in [2.24, 2.45) is 0 Å². The van der Waals surface area contributed by atoms with Crippen LogP contribution in [0.5, 0.6) is 11.5 Å². The van der Waals surface area contributed by atoms with E-state index >= 15 is 0 Å². The highest BCUT2D eigenvalue weighted by Crippen LogP contribution is 2.33. The number of aromatic amines is 1. The van der Waals surface area contributed by atoms with Gasteiger partial charge < -0.3 is 14.5 Å². The molecule has 1 heterocycles. The molecule has 0 unspecified atom stereocenters. The van der Waals surface area contributed by atoms with Gasteiger partial charge in [0.1, 0.15) is 5.82 Å². The van der Waals surface area contributed by atoms with Crippen molar-refractivity contribution in [2.45, 2.75) is 65.7 Å². The van der Waals surface area contributed by atoms with Crippen LogP contribution in [-0.4, -0.2) is 23.2 Å². The van der Waals surface area contributed by atoms with Crippen molar-refractivity contribution in [3.63, 3.8) is 0 Å². The second-order valence-electron chi connectivity index (χ2n) is 7.67. The maximum Gasteiger partial charge on any atom is 0.161 e. The molecule has 29 heavy (non-hydrogen) atoms. The van der Waals surface area contributed by atoms with Gasteiger partial charge in [0.15, 0.2) is 11.5 Å². The molecule has 2 aromatic carbocycles. The number of aryl methyl sites for hydroxylation is 1. The largest absolute Gasteiger partial charge is 0.490 e. The monoisotopic (exact) mass is 394 g/mol. The van der Waals surface area contributed by atoms with Crippen molar-refractivity contribution in [2.75, 3.05) is 13.2 Å². The van der Waals surface area contributed by atoms with E-state index in [-0.39, 0.29) is 0 Å². The van der Waals surface area contributed by atoms with Crippen LogP contribution in [0.3, 0.4) is 0 Å². The number of aromatic nitrogens is 2. The fourth-order valence-electron chi connectivity index (χ4n) is 3.54. The number of ether oxygens (including phenoxy) is 2. The Morgan fingerprint density at radius 3 is 2.41 bits per heavy atom. The van der Waals surface area contributed by atoms with Gasteiger partial charge in [-0.05, 0) is 56.2 Å². The molecule has 3 aromatic rings. The van der Waals surface area contributed by atoms with Crippen molar-refractivity contribution in [3.8, 4) is 22.9 Å². The van der Waals surface area contributed by atoms with Crippen LogP contribution in [0.15, 0.2) is 36.4 Å². The van der Waals surface area contributed by atoms with Crippen LogP contribution in [0.1, 0.15) is 64.4 Å². The minimum Gasteiger partial charge on any atom is -0.490 e. The Labute approximate surface area is 174 Å².